The largest absolute Gasteiger partial charge is 0.493 e. The van der Waals surface area contributed by atoms with Gasteiger partial charge in [-0.15, -0.1) is 0 Å². The van der Waals surface area contributed by atoms with Crippen LogP contribution in [0.3, 0.4) is 0 Å². The average molecular weight is 255 g/mol. The lowest BCUT2D eigenvalue weighted by atomic mass is 10.3. The SMILES string of the molecule is C[C@@H](NC(=O)CCOc1ccc(F)cc1)C(=O)O. The molecule has 2 N–H and O–H groups in total. The van der Waals surface area contributed by atoms with Gasteiger partial charge in [-0.05, 0) is 31.2 Å². The summed E-state index contributed by atoms with van der Waals surface area (Å²) in [6, 6.07) is 4.48. The molecule has 6 heteroatoms. The van der Waals surface area contributed by atoms with Crippen molar-refractivity contribution < 1.29 is 23.8 Å². The van der Waals surface area contributed by atoms with Crippen LogP contribution in [-0.4, -0.2) is 29.6 Å². The van der Waals surface area contributed by atoms with Crippen molar-refractivity contribution in [1.82, 2.24) is 5.32 Å². The van der Waals surface area contributed by atoms with E-state index in [2.05, 4.69) is 5.32 Å². The fourth-order valence-electron chi connectivity index (χ4n) is 1.17. The molecule has 0 heterocycles. The highest BCUT2D eigenvalue weighted by molar-refractivity contribution is 5.83. The molecule has 0 spiro atoms. The molecule has 0 radical (unpaired) electrons. The molecule has 5 nitrogen and oxygen atoms in total. The molecule has 0 saturated heterocycles. The van der Waals surface area contributed by atoms with Gasteiger partial charge in [-0.25, -0.2) is 4.39 Å². The molecule has 0 aromatic heterocycles. The lowest BCUT2D eigenvalue weighted by Crippen LogP contribution is -2.38. The van der Waals surface area contributed by atoms with Crippen LogP contribution < -0.4 is 10.1 Å². The summed E-state index contributed by atoms with van der Waals surface area (Å²) in [7, 11) is 0. The highest BCUT2D eigenvalue weighted by Crippen LogP contribution is 2.10. The maximum Gasteiger partial charge on any atom is 0.325 e. The predicted octanol–water partition coefficient (Wildman–Crippen LogP) is 1.18. The van der Waals surface area contributed by atoms with E-state index in [-0.39, 0.29) is 18.8 Å². The van der Waals surface area contributed by atoms with E-state index in [0.717, 1.165) is 0 Å². The van der Waals surface area contributed by atoms with Gasteiger partial charge in [0.05, 0.1) is 13.0 Å². The van der Waals surface area contributed by atoms with Gasteiger partial charge in [-0.2, -0.15) is 0 Å². The second-order valence-electron chi connectivity index (χ2n) is 3.68. The van der Waals surface area contributed by atoms with Gasteiger partial charge in [0.15, 0.2) is 0 Å². The minimum Gasteiger partial charge on any atom is -0.493 e. The van der Waals surface area contributed by atoms with Gasteiger partial charge >= 0.3 is 5.97 Å². The molecule has 0 aliphatic heterocycles. The van der Waals surface area contributed by atoms with Gasteiger partial charge in [-0.3, -0.25) is 9.59 Å². The molecule has 0 saturated carbocycles. The summed E-state index contributed by atoms with van der Waals surface area (Å²) in [5, 5.41) is 10.9. The second kappa shape index (κ2) is 6.58. The van der Waals surface area contributed by atoms with Crippen LogP contribution in [0.2, 0.25) is 0 Å². The zero-order valence-corrected chi connectivity index (χ0v) is 9.85. The first kappa shape index (κ1) is 14.0. The highest BCUT2D eigenvalue weighted by atomic mass is 19.1. The molecule has 18 heavy (non-hydrogen) atoms. The summed E-state index contributed by atoms with van der Waals surface area (Å²) in [4.78, 5) is 21.8. The first-order valence-electron chi connectivity index (χ1n) is 5.39. The zero-order chi connectivity index (χ0) is 13.5. The predicted molar refractivity (Wildman–Crippen MR) is 61.8 cm³/mol. The highest BCUT2D eigenvalue weighted by Gasteiger charge is 2.13. The fraction of sp³-hybridized carbons (Fsp3) is 0.333. The molecular formula is C12H14FNO4. The van der Waals surface area contributed by atoms with Gasteiger partial charge in [0.2, 0.25) is 5.91 Å². The zero-order valence-electron chi connectivity index (χ0n) is 9.85. The molecule has 0 bridgehead atoms. The summed E-state index contributed by atoms with van der Waals surface area (Å²) < 4.78 is 17.8. The maximum absolute atomic E-state index is 12.6. The Bertz CT molecular complexity index is 419. The van der Waals surface area contributed by atoms with E-state index in [9.17, 15) is 14.0 Å². The third-order valence-electron chi connectivity index (χ3n) is 2.16. The van der Waals surface area contributed by atoms with Crippen molar-refractivity contribution >= 4 is 11.9 Å². The van der Waals surface area contributed by atoms with E-state index >= 15 is 0 Å². The molecule has 1 aromatic carbocycles. The molecular weight excluding hydrogens is 241 g/mol. The Morgan fingerprint density at radius 3 is 2.56 bits per heavy atom. The summed E-state index contributed by atoms with van der Waals surface area (Å²) in [5.41, 5.74) is 0. The molecule has 0 aliphatic carbocycles. The maximum atomic E-state index is 12.6. The molecule has 0 aliphatic rings. The third kappa shape index (κ3) is 4.82. The number of carboxylic acid groups (broad SMARTS) is 1. The smallest absolute Gasteiger partial charge is 0.325 e. The first-order valence-corrected chi connectivity index (χ1v) is 5.39. The van der Waals surface area contributed by atoms with E-state index in [1.54, 1.807) is 0 Å². The van der Waals surface area contributed by atoms with Crippen molar-refractivity contribution in [1.29, 1.82) is 0 Å². The lowest BCUT2D eigenvalue weighted by Gasteiger charge is -2.09. The van der Waals surface area contributed by atoms with Crippen LogP contribution >= 0.6 is 0 Å². The van der Waals surface area contributed by atoms with Crippen molar-refractivity contribution in [2.24, 2.45) is 0 Å². The molecule has 98 valence electrons. The van der Waals surface area contributed by atoms with Crippen LogP contribution in [0.1, 0.15) is 13.3 Å². The average Bonchev–Trinajstić information content (AvgIpc) is 2.31. The lowest BCUT2D eigenvalue weighted by molar-refractivity contribution is -0.141. The van der Waals surface area contributed by atoms with Crippen LogP contribution in [0, 0.1) is 5.82 Å². The topological polar surface area (TPSA) is 75.6 Å². The van der Waals surface area contributed by atoms with E-state index in [4.69, 9.17) is 9.84 Å². The summed E-state index contributed by atoms with van der Waals surface area (Å²) in [6.45, 7) is 1.48. The van der Waals surface area contributed by atoms with Crippen LogP contribution in [0.15, 0.2) is 24.3 Å². The van der Waals surface area contributed by atoms with Crippen LogP contribution in [0.25, 0.3) is 0 Å². The first-order chi connectivity index (χ1) is 8.49. The number of ether oxygens (including phenoxy) is 1. The van der Waals surface area contributed by atoms with Gasteiger partial charge < -0.3 is 15.2 Å². The number of hydrogen-bond acceptors (Lipinski definition) is 3. The molecule has 0 fully saturated rings. The van der Waals surface area contributed by atoms with Crippen LogP contribution in [-0.2, 0) is 9.59 Å². The van der Waals surface area contributed by atoms with Gasteiger partial charge in [0.25, 0.3) is 0 Å². The number of carboxylic acids is 1. The number of amides is 1. The summed E-state index contributed by atoms with van der Waals surface area (Å²) in [6.07, 6.45) is 0.0367. The Morgan fingerprint density at radius 1 is 1.39 bits per heavy atom. The van der Waals surface area contributed by atoms with Gasteiger partial charge in [0.1, 0.15) is 17.6 Å². The quantitative estimate of drug-likeness (QED) is 0.800. The van der Waals surface area contributed by atoms with Crippen LogP contribution in [0.5, 0.6) is 5.75 Å². The van der Waals surface area contributed by atoms with Crippen molar-refractivity contribution in [3.63, 3.8) is 0 Å². The Hall–Kier alpha value is -2.11. The normalized spacial score (nSPS) is 11.7. The number of carbonyl (C=O) groups excluding carboxylic acids is 1. The number of benzene rings is 1. The van der Waals surface area contributed by atoms with Gasteiger partial charge in [-0.1, -0.05) is 0 Å². The van der Waals surface area contributed by atoms with Crippen molar-refractivity contribution in [2.45, 2.75) is 19.4 Å². The van der Waals surface area contributed by atoms with E-state index < -0.39 is 17.9 Å². The molecule has 1 aromatic rings. The van der Waals surface area contributed by atoms with Gasteiger partial charge in [0, 0.05) is 0 Å². The van der Waals surface area contributed by atoms with Crippen molar-refractivity contribution in [3.05, 3.63) is 30.1 Å². The van der Waals surface area contributed by atoms with Crippen molar-refractivity contribution in [2.75, 3.05) is 6.61 Å². The Labute approximate surface area is 104 Å². The Balaban J connectivity index is 2.27. The molecule has 1 atom stereocenters. The Kier molecular flexibility index (Phi) is 5.10. The second-order valence-corrected chi connectivity index (χ2v) is 3.68. The number of rotatable bonds is 6. The summed E-state index contributed by atoms with van der Waals surface area (Å²) >= 11 is 0. The number of nitrogens with one attached hydrogen (secondary N) is 1. The van der Waals surface area contributed by atoms with Crippen LogP contribution in [0.4, 0.5) is 4.39 Å². The third-order valence-corrected chi connectivity index (χ3v) is 2.16. The Morgan fingerprint density at radius 2 is 2.00 bits per heavy atom. The molecule has 1 rings (SSSR count). The summed E-state index contributed by atoms with van der Waals surface area (Å²) in [5.74, 6) is -1.42. The molecule has 0 unspecified atom stereocenters. The number of carbonyl (C=O) groups is 2. The fourth-order valence-corrected chi connectivity index (χ4v) is 1.17. The number of aliphatic carboxylic acids is 1. The monoisotopic (exact) mass is 255 g/mol. The molecule has 1 amide bonds. The standard InChI is InChI=1S/C12H14FNO4/c1-8(12(16)17)14-11(15)6-7-18-10-4-2-9(13)3-5-10/h2-5,8H,6-7H2,1H3,(H,14,15)(H,16,17)/t8-/m1/s1. The van der Waals surface area contributed by atoms with Crippen molar-refractivity contribution in [3.8, 4) is 5.75 Å². The minimum absolute atomic E-state index is 0.0367. The minimum atomic E-state index is -1.09. The number of halogens is 1. The van der Waals surface area contributed by atoms with E-state index in [1.807, 2.05) is 0 Å². The van der Waals surface area contributed by atoms with E-state index in [0.29, 0.717) is 5.75 Å². The number of hydrogen-bond donors (Lipinski definition) is 2. The van der Waals surface area contributed by atoms with E-state index in [1.165, 1.54) is 31.2 Å².